The van der Waals surface area contributed by atoms with Crippen molar-refractivity contribution in [2.24, 2.45) is 0 Å². The van der Waals surface area contributed by atoms with Crippen molar-refractivity contribution in [3.63, 3.8) is 0 Å². The first-order chi connectivity index (χ1) is 10.1. The highest BCUT2D eigenvalue weighted by Crippen LogP contribution is 2.26. The number of hydrogen-bond donors (Lipinski definition) is 1. The molecule has 104 valence electrons. The van der Waals surface area contributed by atoms with Gasteiger partial charge in [0.05, 0.1) is 5.56 Å². The van der Waals surface area contributed by atoms with E-state index in [9.17, 15) is 10.1 Å². The monoisotopic (exact) mass is 279 g/mol. The molecule has 21 heavy (non-hydrogen) atoms. The van der Waals surface area contributed by atoms with Crippen LogP contribution in [0.1, 0.15) is 16.7 Å². The van der Waals surface area contributed by atoms with Gasteiger partial charge in [0, 0.05) is 6.08 Å². The van der Waals surface area contributed by atoms with E-state index in [-0.39, 0.29) is 0 Å². The minimum Gasteiger partial charge on any atom is -0.478 e. The Morgan fingerprint density at radius 1 is 1.24 bits per heavy atom. The number of nitriles is 1. The lowest BCUT2D eigenvalue weighted by molar-refractivity contribution is -0.131. The van der Waals surface area contributed by atoms with Gasteiger partial charge in [-0.3, -0.25) is 0 Å². The molecule has 0 radical (unpaired) electrons. The second kappa shape index (κ2) is 6.40. The van der Waals surface area contributed by atoms with Gasteiger partial charge < -0.3 is 9.84 Å². The maximum Gasteiger partial charge on any atom is 0.328 e. The maximum absolute atomic E-state index is 10.5. The summed E-state index contributed by atoms with van der Waals surface area (Å²) in [6, 6.07) is 14.5. The number of hydrogen-bond acceptors (Lipinski definition) is 3. The van der Waals surface area contributed by atoms with Gasteiger partial charge in [0.15, 0.2) is 0 Å². The lowest BCUT2D eigenvalue weighted by atomic mass is 10.1. The van der Waals surface area contributed by atoms with Crippen molar-refractivity contribution in [1.29, 1.82) is 5.26 Å². The fourth-order valence-electron chi connectivity index (χ4n) is 1.73. The normalized spacial score (nSPS) is 10.3. The van der Waals surface area contributed by atoms with Crippen LogP contribution in [0.5, 0.6) is 11.5 Å². The molecule has 0 atom stereocenters. The van der Waals surface area contributed by atoms with Gasteiger partial charge in [0.2, 0.25) is 0 Å². The molecule has 0 fully saturated rings. The van der Waals surface area contributed by atoms with Crippen molar-refractivity contribution in [1.82, 2.24) is 0 Å². The van der Waals surface area contributed by atoms with Gasteiger partial charge in [-0.25, -0.2) is 4.79 Å². The summed E-state index contributed by atoms with van der Waals surface area (Å²) in [6.45, 7) is 1.98. The Kier molecular flexibility index (Phi) is 4.37. The number of benzene rings is 2. The van der Waals surface area contributed by atoms with Crippen LogP contribution in [-0.4, -0.2) is 11.1 Å². The molecule has 0 bridgehead atoms. The molecule has 2 aromatic carbocycles. The first-order valence-electron chi connectivity index (χ1n) is 6.28. The van der Waals surface area contributed by atoms with E-state index >= 15 is 0 Å². The first-order valence-corrected chi connectivity index (χ1v) is 6.28. The minimum atomic E-state index is -1.03. The summed E-state index contributed by atoms with van der Waals surface area (Å²) in [6.07, 6.45) is 2.45. The van der Waals surface area contributed by atoms with E-state index in [1.54, 1.807) is 18.2 Å². The predicted octanol–water partition coefficient (Wildman–Crippen LogP) is 3.76. The van der Waals surface area contributed by atoms with Crippen molar-refractivity contribution in [2.75, 3.05) is 0 Å². The standard InChI is InChI=1S/C17H13NO3/c1-12-2-6-15(7-3-12)21-16-8-4-13(5-9-17(19)20)10-14(16)11-18/h2-10H,1H3,(H,19,20)/b9-5+. The molecule has 0 aliphatic heterocycles. The number of ether oxygens (including phenoxy) is 1. The van der Waals surface area contributed by atoms with Gasteiger partial charge >= 0.3 is 5.97 Å². The molecular formula is C17H13NO3. The summed E-state index contributed by atoms with van der Waals surface area (Å²) in [5.41, 5.74) is 2.10. The lowest BCUT2D eigenvalue weighted by Crippen LogP contribution is -1.90. The van der Waals surface area contributed by atoms with E-state index < -0.39 is 5.97 Å². The fourth-order valence-corrected chi connectivity index (χ4v) is 1.73. The van der Waals surface area contributed by atoms with Crippen molar-refractivity contribution in [3.8, 4) is 17.6 Å². The van der Waals surface area contributed by atoms with E-state index in [4.69, 9.17) is 9.84 Å². The molecule has 0 unspecified atom stereocenters. The number of rotatable bonds is 4. The Hall–Kier alpha value is -3.06. The predicted molar refractivity (Wildman–Crippen MR) is 79.1 cm³/mol. The van der Waals surface area contributed by atoms with E-state index in [0.717, 1.165) is 11.6 Å². The van der Waals surface area contributed by atoms with Crippen LogP contribution in [0.3, 0.4) is 0 Å². The second-order valence-electron chi connectivity index (χ2n) is 4.45. The summed E-state index contributed by atoms with van der Waals surface area (Å²) in [5, 5.41) is 17.8. The SMILES string of the molecule is Cc1ccc(Oc2ccc(/C=C/C(=O)O)cc2C#N)cc1. The molecule has 0 aliphatic carbocycles. The molecule has 1 N–H and O–H groups in total. The molecule has 0 amide bonds. The largest absolute Gasteiger partial charge is 0.478 e. The quantitative estimate of drug-likeness (QED) is 0.865. The van der Waals surface area contributed by atoms with Gasteiger partial charge in [-0.1, -0.05) is 23.8 Å². The average Bonchev–Trinajstić information content (AvgIpc) is 2.48. The third-order valence-electron chi connectivity index (χ3n) is 2.79. The Labute approximate surface area is 122 Å². The summed E-state index contributed by atoms with van der Waals surface area (Å²) in [4.78, 5) is 10.5. The molecule has 0 saturated carbocycles. The summed E-state index contributed by atoms with van der Waals surface area (Å²) in [7, 11) is 0. The van der Waals surface area contributed by atoms with E-state index in [1.165, 1.54) is 6.08 Å². The van der Waals surface area contributed by atoms with Gasteiger partial charge in [-0.2, -0.15) is 5.26 Å². The topological polar surface area (TPSA) is 70.3 Å². The van der Waals surface area contributed by atoms with Crippen molar-refractivity contribution < 1.29 is 14.6 Å². The molecule has 0 aliphatic rings. The third-order valence-corrected chi connectivity index (χ3v) is 2.79. The number of aliphatic carboxylic acids is 1. The van der Waals surface area contributed by atoms with Crippen LogP contribution < -0.4 is 4.74 Å². The highest BCUT2D eigenvalue weighted by atomic mass is 16.5. The fraction of sp³-hybridized carbons (Fsp3) is 0.0588. The Morgan fingerprint density at radius 3 is 2.57 bits per heavy atom. The number of carboxylic acids is 1. The van der Waals surface area contributed by atoms with Crippen LogP contribution >= 0.6 is 0 Å². The molecule has 4 nitrogen and oxygen atoms in total. The molecule has 0 aromatic heterocycles. The molecular weight excluding hydrogens is 266 g/mol. The lowest BCUT2D eigenvalue weighted by Gasteiger charge is -2.08. The zero-order valence-electron chi connectivity index (χ0n) is 11.4. The second-order valence-corrected chi connectivity index (χ2v) is 4.45. The molecule has 2 rings (SSSR count). The summed E-state index contributed by atoms with van der Waals surface area (Å²) in [5.74, 6) is 0.0493. The van der Waals surface area contributed by atoms with Crippen molar-refractivity contribution in [3.05, 3.63) is 65.2 Å². The minimum absolute atomic E-state index is 0.350. The number of nitrogens with zero attached hydrogens (tertiary/aromatic N) is 1. The van der Waals surface area contributed by atoms with Gasteiger partial charge in [0.1, 0.15) is 17.6 Å². The number of carboxylic acid groups (broad SMARTS) is 1. The van der Waals surface area contributed by atoms with Crippen LogP contribution in [0.15, 0.2) is 48.5 Å². The van der Waals surface area contributed by atoms with Gasteiger partial charge in [-0.15, -0.1) is 0 Å². The number of carbonyl (C=O) groups is 1. The van der Waals surface area contributed by atoms with Crippen LogP contribution in [0.2, 0.25) is 0 Å². The van der Waals surface area contributed by atoms with Gasteiger partial charge in [0.25, 0.3) is 0 Å². The van der Waals surface area contributed by atoms with Crippen LogP contribution in [0.25, 0.3) is 6.08 Å². The van der Waals surface area contributed by atoms with Crippen LogP contribution in [0.4, 0.5) is 0 Å². The van der Waals surface area contributed by atoms with Crippen molar-refractivity contribution in [2.45, 2.75) is 6.92 Å². The third kappa shape index (κ3) is 3.95. The highest BCUT2D eigenvalue weighted by molar-refractivity contribution is 5.85. The van der Waals surface area contributed by atoms with Crippen molar-refractivity contribution >= 4 is 12.0 Å². The van der Waals surface area contributed by atoms with Gasteiger partial charge in [-0.05, 0) is 42.8 Å². The zero-order chi connectivity index (χ0) is 15.2. The average molecular weight is 279 g/mol. The Morgan fingerprint density at radius 2 is 1.95 bits per heavy atom. The molecule has 0 saturated heterocycles. The molecule has 4 heteroatoms. The number of aryl methyl sites for hydroxylation is 1. The molecule has 2 aromatic rings. The summed E-state index contributed by atoms with van der Waals surface area (Å²) < 4.78 is 5.67. The maximum atomic E-state index is 10.5. The smallest absolute Gasteiger partial charge is 0.328 e. The zero-order valence-corrected chi connectivity index (χ0v) is 11.4. The first kappa shape index (κ1) is 14.4. The highest BCUT2D eigenvalue weighted by Gasteiger charge is 2.05. The molecule has 0 heterocycles. The Balaban J connectivity index is 2.26. The van der Waals surface area contributed by atoms with Crippen LogP contribution in [0, 0.1) is 18.3 Å². The van der Waals surface area contributed by atoms with E-state index in [0.29, 0.717) is 22.6 Å². The Bertz CT molecular complexity index is 725. The summed E-state index contributed by atoms with van der Waals surface area (Å²) >= 11 is 0. The van der Waals surface area contributed by atoms with E-state index in [1.807, 2.05) is 37.3 Å². The van der Waals surface area contributed by atoms with E-state index in [2.05, 4.69) is 0 Å². The van der Waals surface area contributed by atoms with Crippen LogP contribution in [-0.2, 0) is 4.79 Å². The molecule has 0 spiro atoms.